The normalized spacial score (nSPS) is 44.4. The number of hydrogen-bond donors (Lipinski definition) is 3. The zero-order chi connectivity index (χ0) is 18.8. The molecule has 27 heavy (non-hydrogen) atoms. The van der Waals surface area contributed by atoms with Crippen molar-refractivity contribution >= 4 is 21.8 Å². The van der Waals surface area contributed by atoms with Crippen molar-refractivity contribution in [2.24, 2.45) is 17.8 Å². The van der Waals surface area contributed by atoms with Gasteiger partial charge in [-0.25, -0.2) is 24.0 Å². The van der Waals surface area contributed by atoms with Crippen LogP contribution < -0.4 is 15.6 Å². The highest BCUT2D eigenvalue weighted by Gasteiger charge is 2.52. The molecule has 3 N–H and O–H groups in total. The molecule has 0 aromatic rings. The minimum atomic E-state index is -3.22. The van der Waals surface area contributed by atoms with E-state index in [1.807, 2.05) is 18.7 Å². The van der Waals surface area contributed by atoms with Gasteiger partial charge < -0.3 is 0 Å². The molecule has 5 aliphatic rings. The molecule has 0 aromatic carbocycles. The van der Waals surface area contributed by atoms with Gasteiger partial charge in [0.05, 0.1) is 10.6 Å². The first kappa shape index (κ1) is 19.1. The van der Waals surface area contributed by atoms with Crippen molar-refractivity contribution in [3.63, 3.8) is 0 Å². The van der Waals surface area contributed by atoms with E-state index in [9.17, 15) is 8.42 Å². The molecule has 154 valence electrons. The predicted molar refractivity (Wildman–Crippen MR) is 109 cm³/mol. The minimum Gasteiger partial charge on any atom is -0.275 e. The van der Waals surface area contributed by atoms with Gasteiger partial charge in [-0.1, -0.05) is 12.8 Å². The molecule has 5 rings (SSSR count). The maximum absolute atomic E-state index is 13.0. The van der Waals surface area contributed by atoms with Crippen LogP contribution in [-0.4, -0.2) is 47.6 Å². The third-order valence-corrected chi connectivity index (χ3v) is 10.8. The Kier molecular flexibility index (Phi) is 4.85. The molecular weight excluding hydrogens is 380 g/mol. The van der Waals surface area contributed by atoms with Crippen LogP contribution in [0.5, 0.6) is 0 Å². The Bertz CT molecular complexity index is 679. The van der Waals surface area contributed by atoms with Crippen molar-refractivity contribution < 1.29 is 8.42 Å². The Morgan fingerprint density at radius 2 is 1.96 bits per heavy atom. The predicted octanol–water partition coefficient (Wildman–Crippen LogP) is 2.20. The second-order valence-corrected chi connectivity index (χ2v) is 13.3. The lowest BCUT2D eigenvalue weighted by Crippen LogP contribution is -2.51. The van der Waals surface area contributed by atoms with E-state index in [-0.39, 0.29) is 16.3 Å². The van der Waals surface area contributed by atoms with E-state index in [0.29, 0.717) is 17.3 Å². The summed E-state index contributed by atoms with van der Waals surface area (Å²) in [5, 5.41) is 0.172. The third-order valence-electron chi connectivity index (χ3n) is 7.50. The summed E-state index contributed by atoms with van der Waals surface area (Å²) in [6, 6.07) is 0.396. The van der Waals surface area contributed by atoms with Crippen LogP contribution >= 0.6 is 11.8 Å². The summed E-state index contributed by atoms with van der Waals surface area (Å²) in [7, 11) is -3.22. The summed E-state index contributed by atoms with van der Waals surface area (Å²) in [5.41, 5.74) is 6.88. The van der Waals surface area contributed by atoms with Gasteiger partial charge in [-0.3, -0.25) is 4.90 Å². The van der Waals surface area contributed by atoms with Gasteiger partial charge in [0.1, 0.15) is 5.50 Å². The Balaban J connectivity index is 1.32. The molecule has 6 unspecified atom stereocenters. The molecule has 2 saturated heterocycles. The number of rotatable bonds is 6. The fraction of sp³-hybridized carbons (Fsp3) is 1.00. The summed E-state index contributed by atoms with van der Waals surface area (Å²) in [5.74, 6) is 2.36. The summed E-state index contributed by atoms with van der Waals surface area (Å²) in [6.07, 6.45) is 8.82. The SMILES string of the molecule is CC1NNC(N2CC(CC3CC3)C3CCC(S(=O)(=O)NC4(C)CC4)CC32)S1. The van der Waals surface area contributed by atoms with Crippen molar-refractivity contribution in [2.75, 3.05) is 6.54 Å². The maximum Gasteiger partial charge on any atom is 0.215 e. The lowest BCUT2D eigenvalue weighted by molar-refractivity contribution is 0.152. The van der Waals surface area contributed by atoms with E-state index >= 15 is 0 Å². The molecule has 8 heteroatoms. The Labute approximate surface area is 168 Å². The largest absolute Gasteiger partial charge is 0.275 e. The molecule has 2 heterocycles. The Morgan fingerprint density at radius 1 is 1.19 bits per heavy atom. The average molecular weight is 415 g/mol. The molecule has 0 spiro atoms. The molecule has 5 fully saturated rings. The molecule has 6 nitrogen and oxygen atoms in total. The van der Waals surface area contributed by atoms with E-state index in [1.165, 1.54) is 19.3 Å². The Morgan fingerprint density at radius 3 is 2.59 bits per heavy atom. The first-order valence-electron chi connectivity index (χ1n) is 10.8. The summed E-state index contributed by atoms with van der Waals surface area (Å²) in [4.78, 5) is 2.60. The van der Waals surface area contributed by atoms with Crippen LogP contribution in [0.4, 0.5) is 0 Å². The van der Waals surface area contributed by atoms with Gasteiger partial charge in [-0.15, -0.1) is 11.8 Å². The van der Waals surface area contributed by atoms with E-state index in [2.05, 4.69) is 27.4 Å². The number of hydrogen-bond acceptors (Lipinski definition) is 6. The highest BCUT2D eigenvalue weighted by atomic mass is 32.2. The number of sulfonamides is 1. The van der Waals surface area contributed by atoms with Crippen LogP contribution in [0.2, 0.25) is 0 Å². The minimum absolute atomic E-state index is 0.165. The molecule has 0 bridgehead atoms. The van der Waals surface area contributed by atoms with E-state index in [4.69, 9.17) is 0 Å². The fourth-order valence-corrected chi connectivity index (χ4v) is 8.53. The number of nitrogens with zero attached hydrogens (tertiary/aromatic N) is 1. The van der Waals surface area contributed by atoms with E-state index < -0.39 is 10.0 Å². The quantitative estimate of drug-likeness (QED) is 0.619. The number of fused-ring (bicyclic) bond motifs is 1. The van der Waals surface area contributed by atoms with Crippen LogP contribution in [0.25, 0.3) is 0 Å². The van der Waals surface area contributed by atoms with Gasteiger partial charge in [-0.2, -0.15) is 0 Å². The zero-order valence-corrected chi connectivity index (χ0v) is 18.1. The van der Waals surface area contributed by atoms with E-state index in [1.54, 1.807) is 0 Å². The first-order chi connectivity index (χ1) is 12.8. The van der Waals surface area contributed by atoms with Crippen LogP contribution in [0.1, 0.15) is 65.2 Å². The zero-order valence-electron chi connectivity index (χ0n) is 16.5. The van der Waals surface area contributed by atoms with Gasteiger partial charge in [0.15, 0.2) is 0 Å². The maximum atomic E-state index is 13.0. The molecule has 0 aromatic heterocycles. The fourth-order valence-electron chi connectivity index (χ4n) is 5.52. The van der Waals surface area contributed by atoms with Gasteiger partial charge in [0.2, 0.25) is 10.0 Å². The van der Waals surface area contributed by atoms with Crippen LogP contribution in [0, 0.1) is 17.8 Å². The van der Waals surface area contributed by atoms with Crippen LogP contribution in [0.3, 0.4) is 0 Å². The first-order valence-corrected chi connectivity index (χ1v) is 13.3. The van der Waals surface area contributed by atoms with Crippen LogP contribution in [0.15, 0.2) is 0 Å². The van der Waals surface area contributed by atoms with Crippen molar-refractivity contribution in [2.45, 2.75) is 92.9 Å². The highest BCUT2D eigenvalue weighted by Crippen LogP contribution is 2.49. The molecule has 6 atom stereocenters. The summed E-state index contributed by atoms with van der Waals surface area (Å²) >= 11 is 1.92. The number of nitrogens with one attached hydrogen (secondary N) is 3. The molecule has 0 radical (unpaired) electrons. The second kappa shape index (κ2) is 6.84. The van der Waals surface area contributed by atoms with Crippen LogP contribution in [-0.2, 0) is 10.0 Å². The monoisotopic (exact) mass is 414 g/mol. The van der Waals surface area contributed by atoms with Crippen molar-refractivity contribution in [1.29, 1.82) is 0 Å². The smallest absolute Gasteiger partial charge is 0.215 e. The summed E-state index contributed by atoms with van der Waals surface area (Å²) in [6.45, 7) is 5.35. The standard InChI is InChI=1S/C19H34N4O2S2/c1-12-20-21-18(26-12)23-11-14(9-13-3-4-13)16-6-5-15(10-17(16)23)27(24,25)22-19(2)7-8-19/h12-18,20-22H,3-11H2,1-2H3. The second-order valence-electron chi connectivity index (χ2n) is 9.93. The topological polar surface area (TPSA) is 73.5 Å². The van der Waals surface area contributed by atoms with Gasteiger partial charge >= 0.3 is 0 Å². The van der Waals surface area contributed by atoms with Gasteiger partial charge in [0.25, 0.3) is 0 Å². The molecule has 2 aliphatic heterocycles. The average Bonchev–Trinajstić information content (AvgIpc) is 3.49. The van der Waals surface area contributed by atoms with Crippen molar-refractivity contribution in [3.8, 4) is 0 Å². The van der Waals surface area contributed by atoms with Gasteiger partial charge in [-0.05, 0) is 70.1 Å². The molecule has 3 aliphatic carbocycles. The van der Waals surface area contributed by atoms with Gasteiger partial charge in [0, 0.05) is 18.1 Å². The molecular formula is C19H34N4O2S2. The Hall–Kier alpha value is 0.140. The highest BCUT2D eigenvalue weighted by molar-refractivity contribution is 8.00. The van der Waals surface area contributed by atoms with Crippen molar-refractivity contribution in [1.82, 2.24) is 20.5 Å². The third kappa shape index (κ3) is 3.94. The number of thioether (sulfide) groups is 1. The molecule has 0 amide bonds. The van der Waals surface area contributed by atoms with Crippen molar-refractivity contribution in [3.05, 3.63) is 0 Å². The number of likely N-dealkylation sites (tertiary alicyclic amines) is 1. The summed E-state index contributed by atoms with van der Waals surface area (Å²) < 4.78 is 29.1. The lowest BCUT2D eigenvalue weighted by atomic mass is 9.78. The molecule has 3 saturated carbocycles. The number of hydrazine groups is 1. The lowest BCUT2D eigenvalue weighted by Gasteiger charge is -2.38. The van der Waals surface area contributed by atoms with E-state index in [0.717, 1.165) is 50.5 Å².